The van der Waals surface area contributed by atoms with Crippen molar-refractivity contribution < 1.29 is 18.5 Å². The Labute approximate surface area is 167 Å². The average molecular weight is 404 g/mol. The number of nitrogens with one attached hydrogen (secondary N) is 1. The molecule has 7 nitrogen and oxygen atoms in total. The number of rotatable bonds is 5. The van der Waals surface area contributed by atoms with E-state index in [0.29, 0.717) is 24.3 Å². The van der Waals surface area contributed by atoms with Crippen LogP contribution in [0.3, 0.4) is 0 Å². The first-order valence-corrected chi connectivity index (χ1v) is 9.24. The molecule has 0 aliphatic carbocycles. The van der Waals surface area contributed by atoms with Gasteiger partial charge in [0.15, 0.2) is 11.6 Å². The third-order valence-corrected chi connectivity index (χ3v) is 5.07. The van der Waals surface area contributed by atoms with Gasteiger partial charge in [-0.15, -0.1) is 0 Å². The molecule has 0 radical (unpaired) electrons. The normalized spacial score (nSPS) is 15.8. The number of hydrogen-bond acceptors (Lipinski definition) is 5. The molecule has 1 fully saturated rings. The molecule has 1 aliphatic heterocycles. The fraction of sp³-hybridized carbons (Fsp3) is 0.350. The van der Waals surface area contributed by atoms with Gasteiger partial charge in [0.1, 0.15) is 5.69 Å². The van der Waals surface area contributed by atoms with E-state index in [1.165, 1.54) is 18.2 Å². The summed E-state index contributed by atoms with van der Waals surface area (Å²) in [4.78, 5) is 27.7. The van der Waals surface area contributed by atoms with Crippen molar-refractivity contribution in [3.05, 3.63) is 69.3 Å². The zero-order valence-electron chi connectivity index (χ0n) is 16.2. The summed E-state index contributed by atoms with van der Waals surface area (Å²) in [6.07, 6.45) is 0. The van der Waals surface area contributed by atoms with E-state index >= 15 is 0 Å². The predicted molar refractivity (Wildman–Crippen MR) is 105 cm³/mol. The smallest absolute Gasteiger partial charge is 0.293 e. The molecule has 1 saturated heterocycles. The van der Waals surface area contributed by atoms with Gasteiger partial charge in [0.05, 0.1) is 11.0 Å². The highest BCUT2D eigenvalue weighted by Crippen LogP contribution is 2.30. The summed E-state index contributed by atoms with van der Waals surface area (Å²) in [6, 6.07) is 7.15. The van der Waals surface area contributed by atoms with E-state index < -0.39 is 28.5 Å². The van der Waals surface area contributed by atoms with E-state index in [9.17, 15) is 23.7 Å². The molecule has 1 heterocycles. The molecular formula is C20H22F2N4O3. The maximum absolute atomic E-state index is 13.4. The van der Waals surface area contributed by atoms with Crippen molar-refractivity contribution in [1.82, 2.24) is 10.2 Å². The van der Waals surface area contributed by atoms with Crippen LogP contribution in [0.15, 0.2) is 36.4 Å². The largest absolute Gasteiger partial charge is 0.363 e. The fourth-order valence-electron chi connectivity index (χ4n) is 3.27. The Hall–Kier alpha value is -3.07. The summed E-state index contributed by atoms with van der Waals surface area (Å²) >= 11 is 0. The Morgan fingerprint density at radius 2 is 1.79 bits per heavy atom. The molecule has 0 unspecified atom stereocenters. The molecule has 2 aromatic carbocycles. The van der Waals surface area contributed by atoms with Crippen LogP contribution in [0.1, 0.15) is 28.9 Å². The van der Waals surface area contributed by atoms with E-state index in [2.05, 4.69) is 10.2 Å². The van der Waals surface area contributed by atoms with Crippen molar-refractivity contribution in [2.75, 3.05) is 38.1 Å². The molecule has 1 amide bonds. The minimum atomic E-state index is -1.00. The van der Waals surface area contributed by atoms with Gasteiger partial charge in [-0.2, -0.15) is 0 Å². The number of carbonyl (C=O) groups excluding carboxylic acids is 1. The second kappa shape index (κ2) is 8.52. The van der Waals surface area contributed by atoms with Crippen LogP contribution in [-0.2, 0) is 0 Å². The summed E-state index contributed by atoms with van der Waals surface area (Å²) in [6.45, 7) is 4.54. The Morgan fingerprint density at radius 3 is 2.41 bits per heavy atom. The van der Waals surface area contributed by atoms with Gasteiger partial charge >= 0.3 is 0 Å². The number of halogens is 2. The van der Waals surface area contributed by atoms with Crippen molar-refractivity contribution in [2.24, 2.45) is 0 Å². The van der Waals surface area contributed by atoms with Gasteiger partial charge in [-0.1, -0.05) is 6.07 Å². The molecule has 154 valence electrons. The Balaban J connectivity index is 1.79. The number of piperazine rings is 1. The van der Waals surface area contributed by atoms with Gasteiger partial charge in [-0.25, -0.2) is 8.78 Å². The number of likely N-dealkylation sites (N-methyl/N-ethyl adjacent to an activating group) is 1. The standard InChI is InChI=1S/C20H22F2N4O3/c1-13(14-3-5-16(21)17(22)11-14)23-20(27)15-4-6-18(19(12-15)26(28)29)25-9-7-24(2)8-10-25/h3-6,11-13H,7-10H2,1-2H3,(H,23,27)/t13-/m1/s1. The number of hydrogen-bond donors (Lipinski definition) is 1. The molecule has 0 spiro atoms. The molecule has 29 heavy (non-hydrogen) atoms. The van der Waals surface area contributed by atoms with Crippen LogP contribution in [0.25, 0.3) is 0 Å². The zero-order chi connectivity index (χ0) is 21.1. The van der Waals surface area contributed by atoms with Crippen molar-refractivity contribution in [3.63, 3.8) is 0 Å². The van der Waals surface area contributed by atoms with E-state index in [4.69, 9.17) is 0 Å². The molecule has 3 rings (SSSR count). The maximum Gasteiger partial charge on any atom is 0.293 e. The third-order valence-electron chi connectivity index (χ3n) is 5.07. The van der Waals surface area contributed by atoms with E-state index in [0.717, 1.165) is 25.2 Å². The summed E-state index contributed by atoms with van der Waals surface area (Å²) in [7, 11) is 1.99. The zero-order valence-corrected chi connectivity index (χ0v) is 16.2. The van der Waals surface area contributed by atoms with Crippen LogP contribution in [-0.4, -0.2) is 49.0 Å². The molecule has 2 aromatic rings. The minimum Gasteiger partial charge on any atom is -0.363 e. The first kappa shape index (κ1) is 20.7. The molecule has 1 atom stereocenters. The van der Waals surface area contributed by atoms with Crippen molar-refractivity contribution in [1.29, 1.82) is 0 Å². The van der Waals surface area contributed by atoms with Crippen molar-refractivity contribution in [2.45, 2.75) is 13.0 Å². The molecule has 1 aliphatic rings. The van der Waals surface area contributed by atoms with E-state index in [1.54, 1.807) is 13.0 Å². The highest BCUT2D eigenvalue weighted by atomic mass is 19.2. The number of carbonyl (C=O) groups is 1. The highest BCUT2D eigenvalue weighted by molar-refractivity contribution is 5.96. The van der Waals surface area contributed by atoms with E-state index in [1.807, 2.05) is 11.9 Å². The second-order valence-electron chi connectivity index (χ2n) is 7.12. The first-order valence-electron chi connectivity index (χ1n) is 9.24. The number of nitrogens with zero attached hydrogens (tertiary/aromatic N) is 3. The Kier molecular flexibility index (Phi) is 6.07. The van der Waals surface area contributed by atoms with Gasteiger partial charge in [-0.3, -0.25) is 14.9 Å². The first-order chi connectivity index (χ1) is 13.8. The molecule has 0 bridgehead atoms. The number of benzene rings is 2. The van der Waals surface area contributed by atoms with Crippen LogP contribution >= 0.6 is 0 Å². The lowest BCUT2D eigenvalue weighted by Crippen LogP contribution is -2.44. The quantitative estimate of drug-likeness (QED) is 0.612. The molecule has 1 N–H and O–H groups in total. The third kappa shape index (κ3) is 4.68. The van der Waals surface area contributed by atoms with Crippen LogP contribution in [0.5, 0.6) is 0 Å². The Bertz CT molecular complexity index is 930. The summed E-state index contributed by atoms with van der Waals surface area (Å²) < 4.78 is 26.5. The lowest BCUT2D eigenvalue weighted by atomic mass is 10.1. The monoisotopic (exact) mass is 404 g/mol. The van der Waals surface area contributed by atoms with Gasteiger partial charge in [0.2, 0.25) is 0 Å². The lowest BCUT2D eigenvalue weighted by molar-refractivity contribution is -0.384. The minimum absolute atomic E-state index is 0.129. The second-order valence-corrected chi connectivity index (χ2v) is 7.12. The number of amides is 1. The molecule has 0 saturated carbocycles. The number of nitro groups is 1. The van der Waals surface area contributed by atoms with Crippen molar-refractivity contribution in [3.8, 4) is 0 Å². The van der Waals surface area contributed by atoms with Gasteiger partial charge in [-0.05, 0) is 43.8 Å². The number of nitro benzene ring substituents is 1. The number of anilines is 1. The summed E-state index contributed by atoms with van der Waals surface area (Å²) in [5, 5.41) is 14.2. The molecular weight excluding hydrogens is 382 g/mol. The highest BCUT2D eigenvalue weighted by Gasteiger charge is 2.24. The van der Waals surface area contributed by atoms with Gasteiger partial charge in [0, 0.05) is 37.8 Å². The molecule has 9 heteroatoms. The van der Waals surface area contributed by atoms with Crippen molar-refractivity contribution >= 4 is 17.3 Å². The topological polar surface area (TPSA) is 78.7 Å². The van der Waals surface area contributed by atoms with E-state index in [-0.39, 0.29) is 11.3 Å². The summed E-state index contributed by atoms with van der Waals surface area (Å²) in [5.74, 6) is -2.51. The predicted octanol–water partition coefficient (Wildman–Crippen LogP) is 3.12. The van der Waals surface area contributed by atoms with Crippen LogP contribution < -0.4 is 10.2 Å². The SMILES string of the molecule is C[C@@H](NC(=O)c1ccc(N2CCN(C)CC2)c([N+](=O)[O-])c1)c1ccc(F)c(F)c1. The van der Waals surface area contributed by atoms with Gasteiger partial charge < -0.3 is 15.1 Å². The van der Waals surface area contributed by atoms with Gasteiger partial charge in [0.25, 0.3) is 11.6 Å². The fourth-order valence-corrected chi connectivity index (χ4v) is 3.27. The lowest BCUT2D eigenvalue weighted by Gasteiger charge is -2.33. The van der Waals surface area contributed by atoms with Crippen LogP contribution in [0.4, 0.5) is 20.2 Å². The molecule has 0 aromatic heterocycles. The Morgan fingerprint density at radius 1 is 1.10 bits per heavy atom. The maximum atomic E-state index is 13.4. The summed E-state index contributed by atoms with van der Waals surface area (Å²) in [5.41, 5.74) is 0.862. The van der Waals surface area contributed by atoms with Crippen LogP contribution in [0.2, 0.25) is 0 Å². The average Bonchev–Trinajstić information content (AvgIpc) is 2.70. The van der Waals surface area contributed by atoms with Crippen LogP contribution in [0, 0.1) is 21.7 Å².